The fourth-order valence-corrected chi connectivity index (χ4v) is 4.10. The minimum absolute atomic E-state index is 0.385. The fraction of sp³-hybridized carbons (Fsp3) is 0.577. The topological polar surface area (TPSA) is 61.3 Å². The molecule has 0 N–H and O–H groups in total. The highest BCUT2D eigenvalue weighted by molar-refractivity contribution is 5.65. The number of hydrogen-bond acceptors (Lipinski definition) is 5. The largest absolute Gasteiger partial charge is 0.513 e. The van der Waals surface area contributed by atoms with E-state index in [4.69, 9.17) is 14.5 Å². The number of benzene rings is 1. The molecule has 1 aromatic heterocycles. The zero-order valence-corrected chi connectivity index (χ0v) is 19.1. The van der Waals surface area contributed by atoms with Crippen LogP contribution >= 0.6 is 0 Å². The van der Waals surface area contributed by atoms with Gasteiger partial charge in [-0.1, -0.05) is 58.8 Å². The van der Waals surface area contributed by atoms with E-state index in [1.807, 2.05) is 25.3 Å². The quantitative estimate of drug-likeness (QED) is 0.222. The molecule has 1 atom stereocenters. The lowest BCUT2D eigenvalue weighted by Crippen LogP contribution is -2.16. The Labute approximate surface area is 186 Å². The number of ether oxygens (including phenoxy) is 2. The molecule has 0 radical (unpaired) electrons. The summed E-state index contributed by atoms with van der Waals surface area (Å²) in [5, 5.41) is 0. The van der Waals surface area contributed by atoms with E-state index >= 15 is 0 Å². The van der Waals surface area contributed by atoms with Gasteiger partial charge < -0.3 is 9.47 Å². The molecule has 0 spiro atoms. The van der Waals surface area contributed by atoms with Crippen molar-refractivity contribution in [2.75, 3.05) is 6.61 Å². The van der Waals surface area contributed by atoms with E-state index in [0.29, 0.717) is 12.4 Å². The highest BCUT2D eigenvalue weighted by Crippen LogP contribution is 2.29. The first-order valence-electron chi connectivity index (χ1n) is 12.0. The van der Waals surface area contributed by atoms with Gasteiger partial charge in [0, 0.05) is 17.5 Å². The number of rotatable bonds is 11. The summed E-state index contributed by atoms with van der Waals surface area (Å²) in [5.41, 5.74) is 3.42. The molecule has 0 bridgehead atoms. The lowest BCUT2D eigenvalue weighted by molar-refractivity contribution is 0.0978. The third kappa shape index (κ3) is 7.34. The summed E-state index contributed by atoms with van der Waals surface area (Å²) in [6.45, 7) is 4.69. The van der Waals surface area contributed by atoms with Crippen LogP contribution in [0.15, 0.2) is 30.5 Å². The Kier molecular flexibility index (Phi) is 9.32. The molecule has 3 rings (SSSR count). The molecule has 2 aromatic rings. The van der Waals surface area contributed by atoms with Gasteiger partial charge in [0.15, 0.2) is 5.82 Å². The van der Waals surface area contributed by atoms with E-state index in [-0.39, 0.29) is 0 Å². The second kappa shape index (κ2) is 12.4. The van der Waals surface area contributed by atoms with Crippen molar-refractivity contribution in [1.29, 1.82) is 0 Å². The van der Waals surface area contributed by atoms with Gasteiger partial charge in [-0.15, -0.1) is 0 Å². The van der Waals surface area contributed by atoms with Crippen molar-refractivity contribution in [1.82, 2.24) is 9.97 Å². The summed E-state index contributed by atoms with van der Waals surface area (Å²) in [6, 6.07) is 7.29. The number of nitrogens with zero attached hydrogens (tertiary/aromatic N) is 2. The minimum atomic E-state index is -0.661. The van der Waals surface area contributed by atoms with E-state index in [1.165, 1.54) is 56.2 Å². The lowest BCUT2D eigenvalue weighted by Gasteiger charge is -2.24. The number of carbonyl (C=O) groups excluding carboxylic acids is 1. The highest BCUT2D eigenvalue weighted by atomic mass is 16.7. The Morgan fingerprint density at radius 1 is 1.03 bits per heavy atom. The summed E-state index contributed by atoms with van der Waals surface area (Å²) < 4.78 is 10.2. The molecular weight excluding hydrogens is 388 g/mol. The predicted molar refractivity (Wildman–Crippen MR) is 123 cm³/mol. The van der Waals surface area contributed by atoms with Crippen LogP contribution in [-0.4, -0.2) is 22.7 Å². The Bertz CT molecular complexity index is 820. The molecule has 1 heterocycles. The van der Waals surface area contributed by atoms with Gasteiger partial charge in [-0.05, 0) is 61.4 Å². The van der Waals surface area contributed by atoms with Crippen LogP contribution in [0.2, 0.25) is 0 Å². The molecule has 0 amide bonds. The van der Waals surface area contributed by atoms with Crippen LogP contribution in [0.4, 0.5) is 4.79 Å². The summed E-state index contributed by atoms with van der Waals surface area (Å²) in [7, 11) is 0. The zero-order chi connectivity index (χ0) is 21.9. The number of carbonyl (C=O) groups is 1. The molecule has 168 valence electrons. The van der Waals surface area contributed by atoms with Crippen LogP contribution in [0, 0.1) is 5.92 Å². The molecule has 5 heteroatoms. The molecule has 31 heavy (non-hydrogen) atoms. The Hall–Kier alpha value is -2.43. The summed E-state index contributed by atoms with van der Waals surface area (Å²) in [4.78, 5) is 21.1. The van der Waals surface area contributed by atoms with Crippen LogP contribution in [0.5, 0.6) is 5.75 Å². The molecule has 1 aliphatic carbocycles. The van der Waals surface area contributed by atoms with Crippen molar-refractivity contribution in [3.63, 3.8) is 0 Å². The maximum absolute atomic E-state index is 11.7. The van der Waals surface area contributed by atoms with E-state index in [2.05, 4.69) is 11.9 Å². The van der Waals surface area contributed by atoms with Gasteiger partial charge in [0.25, 0.3) is 0 Å². The van der Waals surface area contributed by atoms with Crippen LogP contribution < -0.4 is 4.74 Å². The van der Waals surface area contributed by atoms with Gasteiger partial charge >= 0.3 is 6.16 Å². The van der Waals surface area contributed by atoms with E-state index in [1.54, 1.807) is 12.1 Å². The van der Waals surface area contributed by atoms with Crippen molar-refractivity contribution in [3.8, 4) is 17.1 Å². The third-order valence-electron chi connectivity index (χ3n) is 6.00. The van der Waals surface area contributed by atoms with Gasteiger partial charge in [-0.3, -0.25) is 0 Å². The number of aromatic nitrogens is 2. The predicted octanol–water partition coefficient (Wildman–Crippen LogP) is 6.92. The minimum Gasteiger partial charge on any atom is -0.434 e. The SMILES string of the molecule is CCCCCCCC1CCc2nc(-c3ccc(OC(=O)OCCCC)cc3)ncc2C1. The summed E-state index contributed by atoms with van der Waals surface area (Å²) >= 11 is 0. The molecule has 1 unspecified atom stereocenters. The lowest BCUT2D eigenvalue weighted by atomic mass is 9.84. The molecule has 0 aliphatic heterocycles. The molecule has 0 saturated heterocycles. The maximum Gasteiger partial charge on any atom is 0.513 e. The normalized spacial score (nSPS) is 15.4. The average molecular weight is 425 g/mol. The smallest absolute Gasteiger partial charge is 0.434 e. The molecule has 0 saturated carbocycles. The van der Waals surface area contributed by atoms with Crippen molar-refractivity contribution >= 4 is 6.16 Å². The van der Waals surface area contributed by atoms with Crippen LogP contribution in [0.1, 0.15) is 82.9 Å². The molecule has 1 aromatic carbocycles. The number of hydrogen-bond donors (Lipinski definition) is 0. The Morgan fingerprint density at radius 3 is 2.58 bits per heavy atom. The van der Waals surface area contributed by atoms with E-state index < -0.39 is 6.16 Å². The van der Waals surface area contributed by atoms with Crippen molar-refractivity contribution in [2.45, 2.75) is 84.5 Å². The molecule has 5 nitrogen and oxygen atoms in total. The second-order valence-corrected chi connectivity index (χ2v) is 8.56. The van der Waals surface area contributed by atoms with Crippen molar-refractivity contribution in [3.05, 3.63) is 41.7 Å². The number of aryl methyl sites for hydroxylation is 1. The van der Waals surface area contributed by atoms with Crippen LogP contribution in [0.25, 0.3) is 11.4 Å². The van der Waals surface area contributed by atoms with Crippen molar-refractivity contribution in [2.24, 2.45) is 5.92 Å². The van der Waals surface area contributed by atoms with Gasteiger partial charge in [-0.2, -0.15) is 0 Å². The standard InChI is InChI=1S/C26H36N2O3/c1-3-5-7-8-9-10-20-11-16-24-22(18-20)19-27-25(28-24)21-12-14-23(15-13-21)31-26(29)30-17-6-4-2/h12-15,19-20H,3-11,16-18H2,1-2H3. The van der Waals surface area contributed by atoms with Crippen LogP contribution in [0.3, 0.4) is 0 Å². The number of fused-ring (bicyclic) bond motifs is 1. The first-order chi connectivity index (χ1) is 15.2. The van der Waals surface area contributed by atoms with Gasteiger partial charge in [0.2, 0.25) is 0 Å². The fourth-order valence-electron chi connectivity index (χ4n) is 4.10. The van der Waals surface area contributed by atoms with Gasteiger partial charge in [0.05, 0.1) is 6.61 Å². The second-order valence-electron chi connectivity index (χ2n) is 8.56. The monoisotopic (exact) mass is 424 g/mol. The third-order valence-corrected chi connectivity index (χ3v) is 6.00. The Morgan fingerprint density at radius 2 is 1.81 bits per heavy atom. The van der Waals surface area contributed by atoms with Crippen molar-refractivity contribution < 1.29 is 14.3 Å². The average Bonchev–Trinajstić information content (AvgIpc) is 2.79. The maximum atomic E-state index is 11.7. The summed E-state index contributed by atoms with van der Waals surface area (Å²) in [5.74, 6) is 1.97. The molecular formula is C26H36N2O3. The highest BCUT2D eigenvalue weighted by Gasteiger charge is 2.20. The number of unbranched alkanes of at least 4 members (excludes halogenated alkanes) is 5. The first-order valence-corrected chi connectivity index (χ1v) is 12.0. The van der Waals surface area contributed by atoms with Gasteiger partial charge in [-0.25, -0.2) is 14.8 Å². The molecule has 1 aliphatic rings. The first kappa shape index (κ1) is 23.2. The summed E-state index contributed by atoms with van der Waals surface area (Å²) in [6.07, 6.45) is 14.6. The molecule has 0 fully saturated rings. The van der Waals surface area contributed by atoms with Crippen LogP contribution in [-0.2, 0) is 17.6 Å². The van der Waals surface area contributed by atoms with E-state index in [9.17, 15) is 4.79 Å². The Balaban J connectivity index is 1.52. The van der Waals surface area contributed by atoms with E-state index in [0.717, 1.165) is 43.0 Å². The zero-order valence-electron chi connectivity index (χ0n) is 19.1. The van der Waals surface area contributed by atoms with Gasteiger partial charge in [0.1, 0.15) is 5.75 Å².